The third-order valence-corrected chi connectivity index (χ3v) is 1.39. The van der Waals surface area contributed by atoms with Gasteiger partial charge in [0, 0.05) is 26.2 Å². The Bertz CT molecular complexity index is 160. The van der Waals surface area contributed by atoms with Gasteiger partial charge in [0.2, 0.25) is 0 Å². The molecule has 2 saturated heterocycles. The maximum atomic E-state index is 10.0. The fourth-order valence-electron chi connectivity index (χ4n) is 0.829. The maximum absolute atomic E-state index is 10.0. The lowest BCUT2D eigenvalue weighted by Crippen LogP contribution is -2.20. The molecule has 0 aromatic rings. The van der Waals surface area contributed by atoms with Crippen LogP contribution in [0.15, 0.2) is 13.2 Å². The van der Waals surface area contributed by atoms with Crippen LogP contribution in [0.25, 0.3) is 0 Å². The number of carbonyl (C=O) groups is 2. The monoisotopic (exact) mass is 200 g/mol. The van der Waals surface area contributed by atoms with Crippen LogP contribution in [-0.2, 0) is 0 Å². The molecule has 0 spiro atoms. The van der Waals surface area contributed by atoms with Gasteiger partial charge in [0.25, 0.3) is 0 Å². The van der Waals surface area contributed by atoms with E-state index in [4.69, 9.17) is 0 Å². The van der Waals surface area contributed by atoms with Crippen LogP contribution in [0.1, 0.15) is 0 Å². The quantitative estimate of drug-likeness (QED) is 0.394. The summed E-state index contributed by atoms with van der Waals surface area (Å²) in [5.41, 5.74) is 0. The molecule has 2 rings (SSSR count). The number of hydrogen-bond donors (Lipinski definition) is 4. The van der Waals surface area contributed by atoms with Gasteiger partial charge in [-0.25, -0.2) is 9.59 Å². The summed E-state index contributed by atoms with van der Waals surface area (Å²) in [7, 11) is 0. The Morgan fingerprint density at radius 2 is 0.929 bits per heavy atom. The second-order valence-corrected chi connectivity index (χ2v) is 2.37. The van der Waals surface area contributed by atoms with Gasteiger partial charge < -0.3 is 21.3 Å². The van der Waals surface area contributed by atoms with Crippen LogP contribution < -0.4 is 21.3 Å². The number of amides is 4. The van der Waals surface area contributed by atoms with Gasteiger partial charge in [0.15, 0.2) is 0 Å². The molecule has 0 bridgehead atoms. The molecule has 80 valence electrons. The van der Waals surface area contributed by atoms with Crippen molar-refractivity contribution in [3.05, 3.63) is 13.2 Å². The lowest BCUT2D eigenvalue weighted by atomic mass is 10.7. The highest BCUT2D eigenvalue weighted by Crippen LogP contribution is 1.70. The first-order valence-electron chi connectivity index (χ1n) is 4.32. The van der Waals surface area contributed by atoms with E-state index >= 15 is 0 Å². The predicted octanol–water partition coefficient (Wildman–Crippen LogP) is -0.599. The van der Waals surface area contributed by atoms with Crippen molar-refractivity contribution in [2.24, 2.45) is 0 Å². The summed E-state index contributed by atoms with van der Waals surface area (Å²) < 4.78 is 0. The van der Waals surface area contributed by atoms with E-state index in [1.54, 1.807) is 0 Å². The van der Waals surface area contributed by atoms with Gasteiger partial charge in [0.05, 0.1) is 0 Å². The second kappa shape index (κ2) is 7.90. The van der Waals surface area contributed by atoms with E-state index in [9.17, 15) is 9.59 Å². The van der Waals surface area contributed by atoms with Gasteiger partial charge >= 0.3 is 12.1 Å². The fourth-order valence-corrected chi connectivity index (χ4v) is 0.829. The summed E-state index contributed by atoms with van der Waals surface area (Å²) >= 11 is 0. The third-order valence-electron chi connectivity index (χ3n) is 1.39. The molecular formula is C8H16N4O2. The van der Waals surface area contributed by atoms with E-state index < -0.39 is 0 Å². The van der Waals surface area contributed by atoms with Crippen molar-refractivity contribution in [1.29, 1.82) is 0 Å². The van der Waals surface area contributed by atoms with Crippen LogP contribution in [0.2, 0.25) is 0 Å². The summed E-state index contributed by atoms with van der Waals surface area (Å²) in [5.74, 6) is 0. The maximum Gasteiger partial charge on any atom is 0.314 e. The topological polar surface area (TPSA) is 82.3 Å². The van der Waals surface area contributed by atoms with E-state index in [-0.39, 0.29) is 12.1 Å². The molecule has 6 heteroatoms. The zero-order chi connectivity index (χ0) is 10.8. The molecular weight excluding hydrogens is 184 g/mol. The Morgan fingerprint density at radius 3 is 1.00 bits per heavy atom. The van der Waals surface area contributed by atoms with E-state index in [1.807, 2.05) is 0 Å². The Balaban J connectivity index is 0.000000206. The number of nitrogens with one attached hydrogen (secondary N) is 4. The number of carbonyl (C=O) groups excluding carboxylic acids is 2. The van der Waals surface area contributed by atoms with Crippen LogP contribution in [-0.4, -0.2) is 38.2 Å². The summed E-state index contributed by atoms with van der Waals surface area (Å²) in [6.45, 7) is 9.11. The molecule has 2 aliphatic rings. The van der Waals surface area contributed by atoms with Crippen molar-refractivity contribution in [3.63, 3.8) is 0 Å². The smallest absolute Gasteiger partial charge is 0.314 e. The molecule has 0 aromatic heterocycles. The zero-order valence-corrected chi connectivity index (χ0v) is 8.06. The predicted molar refractivity (Wildman–Crippen MR) is 54.1 cm³/mol. The minimum atomic E-state index is -0.0463. The average molecular weight is 200 g/mol. The molecule has 0 saturated carbocycles. The lowest BCUT2D eigenvalue weighted by Gasteiger charge is -1.80. The summed E-state index contributed by atoms with van der Waals surface area (Å²) in [6.07, 6.45) is 0. The van der Waals surface area contributed by atoms with Gasteiger partial charge in [-0.05, 0) is 0 Å². The molecule has 0 aliphatic carbocycles. The first kappa shape index (κ1) is 12.3. The Morgan fingerprint density at radius 1 is 0.714 bits per heavy atom. The van der Waals surface area contributed by atoms with Crippen molar-refractivity contribution in [2.45, 2.75) is 0 Å². The molecule has 0 unspecified atom stereocenters. The molecule has 0 aromatic carbocycles. The number of urea groups is 2. The van der Waals surface area contributed by atoms with Crippen molar-refractivity contribution in [3.8, 4) is 0 Å². The number of rotatable bonds is 0. The molecule has 4 amide bonds. The van der Waals surface area contributed by atoms with E-state index in [0.29, 0.717) is 0 Å². The highest BCUT2D eigenvalue weighted by molar-refractivity contribution is 5.75. The second-order valence-electron chi connectivity index (χ2n) is 2.37. The van der Waals surface area contributed by atoms with Crippen molar-refractivity contribution < 1.29 is 9.59 Å². The lowest BCUT2D eigenvalue weighted by molar-refractivity contribution is 0.247. The van der Waals surface area contributed by atoms with Crippen molar-refractivity contribution in [2.75, 3.05) is 26.2 Å². The minimum absolute atomic E-state index is 0.0463. The Hall–Kier alpha value is -1.72. The largest absolute Gasteiger partial charge is 0.336 e. The van der Waals surface area contributed by atoms with Crippen LogP contribution in [0.5, 0.6) is 0 Å². The van der Waals surface area contributed by atoms with E-state index in [0.717, 1.165) is 26.2 Å². The van der Waals surface area contributed by atoms with Crippen LogP contribution in [0, 0.1) is 0 Å². The average Bonchev–Trinajstić information content (AvgIpc) is 2.83. The van der Waals surface area contributed by atoms with Crippen LogP contribution in [0.3, 0.4) is 0 Å². The zero-order valence-electron chi connectivity index (χ0n) is 8.06. The molecule has 0 radical (unpaired) electrons. The minimum Gasteiger partial charge on any atom is -0.336 e. The molecule has 0 atom stereocenters. The molecule has 6 nitrogen and oxygen atoms in total. The standard InChI is InChI=1S/2C3H6N2O.C2H4/c2*6-3-4-1-2-5-3;1-2/h2*1-2H2,(H2,4,5,6);1-2H2. The van der Waals surface area contributed by atoms with Crippen LogP contribution in [0.4, 0.5) is 9.59 Å². The molecule has 14 heavy (non-hydrogen) atoms. The van der Waals surface area contributed by atoms with Gasteiger partial charge in [-0.3, -0.25) is 0 Å². The molecule has 4 N–H and O–H groups in total. The third kappa shape index (κ3) is 5.87. The van der Waals surface area contributed by atoms with Gasteiger partial charge in [-0.2, -0.15) is 0 Å². The van der Waals surface area contributed by atoms with Crippen molar-refractivity contribution >= 4 is 12.1 Å². The summed E-state index contributed by atoms with van der Waals surface area (Å²) in [5, 5.41) is 10.3. The first-order chi connectivity index (χ1) is 6.79. The normalized spacial score (nSPS) is 17.1. The fraction of sp³-hybridized carbons (Fsp3) is 0.500. The van der Waals surface area contributed by atoms with Gasteiger partial charge in [-0.15, -0.1) is 13.2 Å². The molecule has 2 fully saturated rings. The van der Waals surface area contributed by atoms with Gasteiger partial charge in [-0.1, -0.05) is 0 Å². The molecule has 2 aliphatic heterocycles. The van der Waals surface area contributed by atoms with Gasteiger partial charge in [0.1, 0.15) is 0 Å². The highest BCUT2D eigenvalue weighted by Gasteiger charge is 2.03. The Kier molecular flexibility index (Phi) is 6.93. The van der Waals surface area contributed by atoms with E-state index in [2.05, 4.69) is 34.4 Å². The highest BCUT2D eigenvalue weighted by atomic mass is 16.2. The summed E-state index contributed by atoms with van der Waals surface area (Å²) in [4.78, 5) is 20.0. The van der Waals surface area contributed by atoms with Crippen molar-refractivity contribution in [1.82, 2.24) is 21.3 Å². The SMILES string of the molecule is C=C.O=C1NCCN1.O=C1NCCN1. The first-order valence-corrected chi connectivity index (χ1v) is 4.32. The summed E-state index contributed by atoms with van der Waals surface area (Å²) in [6, 6.07) is -0.0926. The van der Waals surface area contributed by atoms with E-state index in [1.165, 1.54) is 0 Å². The van der Waals surface area contributed by atoms with Crippen LogP contribution >= 0.6 is 0 Å². The molecule has 2 heterocycles. The Labute approximate surface area is 83.1 Å². The number of hydrogen-bond acceptors (Lipinski definition) is 2.